The maximum atomic E-state index is 12.5. The molecule has 3 heteroatoms. The fourth-order valence-electron chi connectivity index (χ4n) is 2.32. The van der Waals surface area contributed by atoms with E-state index in [-0.39, 0.29) is 5.78 Å². The lowest BCUT2D eigenvalue weighted by molar-refractivity contribution is 0.0834. The molecule has 1 unspecified atom stereocenters. The number of benzene rings is 1. The van der Waals surface area contributed by atoms with Crippen molar-refractivity contribution in [3.8, 4) is 0 Å². The topological polar surface area (TPSA) is 29.5 Å². The fourth-order valence-corrected chi connectivity index (χ4v) is 2.32. The van der Waals surface area contributed by atoms with Gasteiger partial charge in [-0.15, -0.1) is 0 Å². The maximum Gasteiger partial charge on any atom is 0.177 e. The summed E-state index contributed by atoms with van der Waals surface area (Å²) in [6, 6.07) is 6.40. The van der Waals surface area contributed by atoms with Crippen LogP contribution in [0.4, 0.5) is 0 Å². The molecular formula is C17H27NO2. The van der Waals surface area contributed by atoms with E-state index in [4.69, 9.17) is 4.74 Å². The number of Topliss-reactive ketones (excluding diaryl/α,β-unsaturated/α-hetero) is 1. The molecule has 0 saturated carbocycles. The highest BCUT2D eigenvalue weighted by Gasteiger charge is 2.18. The molecule has 3 nitrogen and oxygen atoms in total. The maximum absolute atomic E-state index is 12.5. The van der Waals surface area contributed by atoms with Gasteiger partial charge in [-0.25, -0.2) is 0 Å². The molecule has 0 aliphatic carbocycles. The number of methoxy groups -OCH3 is 1. The second kappa shape index (κ2) is 8.18. The first-order valence-electron chi connectivity index (χ1n) is 7.33. The van der Waals surface area contributed by atoms with Crippen LogP contribution in [0.2, 0.25) is 0 Å². The van der Waals surface area contributed by atoms with E-state index in [2.05, 4.69) is 24.8 Å². The van der Waals surface area contributed by atoms with Crippen molar-refractivity contribution in [2.24, 2.45) is 0 Å². The Morgan fingerprint density at radius 1 is 1.35 bits per heavy atom. The highest BCUT2D eigenvalue weighted by molar-refractivity contribution is 5.99. The number of carbonyl (C=O) groups excluding carboxylic acids is 1. The number of carbonyl (C=O) groups is 1. The Kier molecular flexibility index (Phi) is 6.89. The van der Waals surface area contributed by atoms with Gasteiger partial charge in [0.1, 0.15) is 0 Å². The smallest absolute Gasteiger partial charge is 0.177 e. The van der Waals surface area contributed by atoms with Crippen LogP contribution in [-0.2, 0) is 4.74 Å². The van der Waals surface area contributed by atoms with E-state index >= 15 is 0 Å². The van der Waals surface area contributed by atoms with E-state index in [0.29, 0.717) is 19.2 Å². The zero-order valence-electron chi connectivity index (χ0n) is 13.4. The summed E-state index contributed by atoms with van der Waals surface area (Å²) in [4.78, 5) is 14.7. The molecule has 112 valence electrons. The van der Waals surface area contributed by atoms with Gasteiger partial charge in [0, 0.05) is 25.3 Å². The Bertz CT molecular complexity index is 443. The van der Waals surface area contributed by atoms with Gasteiger partial charge in [-0.1, -0.05) is 30.7 Å². The van der Waals surface area contributed by atoms with Crippen LogP contribution in [0.25, 0.3) is 0 Å². The zero-order valence-corrected chi connectivity index (χ0v) is 13.4. The average Bonchev–Trinajstić information content (AvgIpc) is 2.42. The van der Waals surface area contributed by atoms with Crippen molar-refractivity contribution < 1.29 is 9.53 Å². The zero-order chi connectivity index (χ0) is 15.1. The minimum absolute atomic E-state index is 0.193. The Morgan fingerprint density at radius 2 is 2.05 bits per heavy atom. The lowest BCUT2D eigenvalue weighted by Crippen LogP contribution is -2.39. The minimum Gasteiger partial charge on any atom is -0.383 e. The number of hydrogen-bond donors (Lipinski definition) is 0. The first-order valence-corrected chi connectivity index (χ1v) is 7.33. The van der Waals surface area contributed by atoms with Gasteiger partial charge >= 0.3 is 0 Å². The second-order valence-corrected chi connectivity index (χ2v) is 5.46. The van der Waals surface area contributed by atoms with Crippen LogP contribution < -0.4 is 0 Å². The quantitative estimate of drug-likeness (QED) is 0.683. The van der Waals surface area contributed by atoms with E-state index in [0.717, 1.165) is 24.1 Å². The molecule has 1 aromatic carbocycles. The molecular weight excluding hydrogens is 250 g/mol. The van der Waals surface area contributed by atoms with E-state index in [9.17, 15) is 4.79 Å². The summed E-state index contributed by atoms with van der Waals surface area (Å²) in [6.45, 7) is 10.3. The standard InChI is InChI=1S/C17H27NO2/c1-6-15(4)18(9-10-20-5)12-17(19)16-8-7-13(2)11-14(16)3/h7-8,11,15H,6,9-10,12H2,1-5H3. The molecule has 0 spiro atoms. The Morgan fingerprint density at radius 3 is 2.60 bits per heavy atom. The van der Waals surface area contributed by atoms with Crippen molar-refractivity contribution in [1.82, 2.24) is 4.90 Å². The third-order valence-electron chi connectivity index (χ3n) is 3.83. The van der Waals surface area contributed by atoms with Gasteiger partial charge in [-0.05, 0) is 32.8 Å². The molecule has 1 aromatic rings. The lowest BCUT2D eigenvalue weighted by atomic mass is 10.0. The average molecular weight is 277 g/mol. The molecule has 0 radical (unpaired) electrons. The van der Waals surface area contributed by atoms with Gasteiger partial charge in [0.15, 0.2) is 5.78 Å². The molecule has 0 heterocycles. The van der Waals surface area contributed by atoms with E-state index < -0.39 is 0 Å². The summed E-state index contributed by atoms with van der Waals surface area (Å²) < 4.78 is 5.14. The van der Waals surface area contributed by atoms with E-state index in [1.54, 1.807) is 7.11 Å². The summed E-state index contributed by atoms with van der Waals surface area (Å²) in [6.07, 6.45) is 1.03. The van der Waals surface area contributed by atoms with E-state index in [1.165, 1.54) is 5.56 Å². The lowest BCUT2D eigenvalue weighted by Gasteiger charge is -2.27. The largest absolute Gasteiger partial charge is 0.383 e. The minimum atomic E-state index is 0.193. The number of ether oxygens (including phenoxy) is 1. The molecule has 0 bridgehead atoms. The van der Waals surface area contributed by atoms with Gasteiger partial charge in [0.05, 0.1) is 13.2 Å². The summed E-state index contributed by atoms with van der Waals surface area (Å²) in [5, 5.41) is 0. The van der Waals surface area contributed by atoms with Crippen LogP contribution in [0, 0.1) is 13.8 Å². The van der Waals surface area contributed by atoms with Crippen molar-refractivity contribution >= 4 is 5.78 Å². The van der Waals surface area contributed by atoms with Gasteiger partial charge in [-0.3, -0.25) is 9.69 Å². The molecule has 0 aliphatic rings. The van der Waals surface area contributed by atoms with Crippen LogP contribution in [0.3, 0.4) is 0 Å². The molecule has 0 aromatic heterocycles. The van der Waals surface area contributed by atoms with Gasteiger partial charge in [-0.2, -0.15) is 0 Å². The second-order valence-electron chi connectivity index (χ2n) is 5.46. The first-order chi connectivity index (χ1) is 9.49. The highest BCUT2D eigenvalue weighted by Crippen LogP contribution is 2.13. The van der Waals surface area contributed by atoms with Gasteiger partial charge < -0.3 is 4.74 Å². The summed E-state index contributed by atoms with van der Waals surface area (Å²) in [5.41, 5.74) is 3.09. The highest BCUT2D eigenvalue weighted by atomic mass is 16.5. The third-order valence-corrected chi connectivity index (χ3v) is 3.83. The Hall–Kier alpha value is -1.19. The van der Waals surface area contributed by atoms with Gasteiger partial charge in [0.2, 0.25) is 0 Å². The first kappa shape index (κ1) is 16.9. The van der Waals surface area contributed by atoms with Gasteiger partial charge in [0.25, 0.3) is 0 Å². The van der Waals surface area contributed by atoms with Crippen molar-refractivity contribution in [3.63, 3.8) is 0 Å². The Balaban J connectivity index is 2.78. The van der Waals surface area contributed by atoms with Crippen LogP contribution >= 0.6 is 0 Å². The van der Waals surface area contributed by atoms with Crippen molar-refractivity contribution in [1.29, 1.82) is 0 Å². The number of hydrogen-bond acceptors (Lipinski definition) is 3. The molecule has 0 saturated heterocycles. The van der Waals surface area contributed by atoms with E-state index in [1.807, 2.05) is 26.0 Å². The number of aryl methyl sites for hydroxylation is 2. The molecule has 1 rings (SSSR count). The molecule has 0 amide bonds. The SMILES string of the molecule is CCC(C)N(CCOC)CC(=O)c1ccc(C)cc1C. The Labute approximate surface area is 122 Å². The molecule has 0 aliphatic heterocycles. The third kappa shape index (κ3) is 4.73. The number of ketones is 1. The molecule has 1 atom stereocenters. The molecule has 0 N–H and O–H groups in total. The normalized spacial score (nSPS) is 12.7. The number of nitrogens with zero attached hydrogens (tertiary/aromatic N) is 1. The summed E-state index contributed by atoms with van der Waals surface area (Å²) >= 11 is 0. The van der Waals surface area contributed by atoms with Crippen molar-refractivity contribution in [2.75, 3.05) is 26.8 Å². The van der Waals surface area contributed by atoms with Crippen molar-refractivity contribution in [2.45, 2.75) is 40.2 Å². The summed E-state index contributed by atoms with van der Waals surface area (Å²) in [5.74, 6) is 0.193. The number of rotatable bonds is 8. The fraction of sp³-hybridized carbons (Fsp3) is 0.588. The van der Waals surface area contributed by atoms with Crippen LogP contribution in [0.1, 0.15) is 41.8 Å². The van der Waals surface area contributed by atoms with Crippen molar-refractivity contribution in [3.05, 3.63) is 34.9 Å². The van der Waals surface area contributed by atoms with Crippen LogP contribution in [-0.4, -0.2) is 43.5 Å². The predicted octanol–water partition coefficient (Wildman–Crippen LogP) is 3.23. The monoisotopic (exact) mass is 277 g/mol. The molecule has 20 heavy (non-hydrogen) atoms. The predicted molar refractivity (Wildman–Crippen MR) is 83.4 cm³/mol. The van der Waals surface area contributed by atoms with Crippen LogP contribution in [0.15, 0.2) is 18.2 Å². The molecule has 0 fully saturated rings. The van der Waals surface area contributed by atoms with Crippen LogP contribution in [0.5, 0.6) is 0 Å². The summed E-state index contributed by atoms with van der Waals surface area (Å²) in [7, 11) is 1.70.